The van der Waals surface area contributed by atoms with E-state index >= 15 is 0 Å². The molecule has 0 spiro atoms. The second-order valence-electron chi connectivity index (χ2n) is 6.63. The summed E-state index contributed by atoms with van der Waals surface area (Å²) in [5, 5.41) is 10.5. The zero-order chi connectivity index (χ0) is 22.2. The summed E-state index contributed by atoms with van der Waals surface area (Å²) < 4.78 is 51.6. The molecule has 160 valence electrons. The Bertz CT molecular complexity index is 1410. The van der Waals surface area contributed by atoms with Gasteiger partial charge in [-0.15, -0.1) is 0 Å². The number of sulfonamides is 1. The van der Waals surface area contributed by atoms with Gasteiger partial charge in [-0.2, -0.15) is 0 Å². The van der Waals surface area contributed by atoms with Gasteiger partial charge in [0, 0.05) is 24.2 Å². The first-order chi connectivity index (χ1) is 14.7. The fourth-order valence-electron chi connectivity index (χ4n) is 3.02. The van der Waals surface area contributed by atoms with E-state index in [1.54, 1.807) is 30.3 Å². The average Bonchev–Trinajstić information content (AvgIpc) is 3.13. The van der Waals surface area contributed by atoms with Crippen LogP contribution in [-0.2, 0) is 10.0 Å². The van der Waals surface area contributed by atoms with Crippen LogP contribution in [0.4, 0.5) is 20.4 Å². The number of imidazole rings is 1. The molecule has 9 nitrogen and oxygen atoms in total. The predicted molar refractivity (Wildman–Crippen MR) is 111 cm³/mol. The number of benzene rings is 2. The summed E-state index contributed by atoms with van der Waals surface area (Å²) in [5.74, 6) is -2.71. The number of anilines is 2. The molecule has 0 fully saturated rings. The number of nitrogens with one attached hydrogen (secondary N) is 2. The number of carbonyl (C=O) groups is 1. The molecule has 4 rings (SSSR count). The van der Waals surface area contributed by atoms with Crippen molar-refractivity contribution >= 4 is 44.2 Å². The maximum Gasteiger partial charge on any atom is 0.256 e. The van der Waals surface area contributed by atoms with Crippen LogP contribution in [0.25, 0.3) is 16.7 Å². The number of nitrogens with two attached hydrogens (primary N) is 1. The van der Waals surface area contributed by atoms with Crippen molar-refractivity contribution in [1.82, 2.24) is 14.4 Å². The SMILES string of the molecule is NS(=O)(=O)CCNc1nc2cc(F)c(F)cc2n2c(NC(=O)c3ccccc3)cnc12. The Hall–Kier alpha value is -3.64. The van der Waals surface area contributed by atoms with E-state index in [0.29, 0.717) is 5.56 Å². The van der Waals surface area contributed by atoms with E-state index in [9.17, 15) is 22.0 Å². The van der Waals surface area contributed by atoms with Gasteiger partial charge >= 0.3 is 0 Å². The lowest BCUT2D eigenvalue weighted by Crippen LogP contribution is -2.23. The summed E-state index contributed by atoms with van der Waals surface area (Å²) in [6.07, 6.45) is 1.34. The van der Waals surface area contributed by atoms with Crippen molar-refractivity contribution in [1.29, 1.82) is 0 Å². The molecule has 2 heterocycles. The van der Waals surface area contributed by atoms with Crippen LogP contribution in [0.3, 0.4) is 0 Å². The minimum atomic E-state index is -3.73. The molecular weight excluding hydrogens is 430 g/mol. The van der Waals surface area contributed by atoms with Gasteiger partial charge in [0.1, 0.15) is 5.82 Å². The number of halogens is 2. The monoisotopic (exact) mass is 446 g/mol. The maximum atomic E-state index is 14.0. The van der Waals surface area contributed by atoms with Crippen LogP contribution in [0.5, 0.6) is 0 Å². The van der Waals surface area contributed by atoms with Crippen LogP contribution in [0.15, 0.2) is 48.7 Å². The Labute approximate surface area is 175 Å². The van der Waals surface area contributed by atoms with E-state index in [-0.39, 0.29) is 40.6 Å². The summed E-state index contributed by atoms with van der Waals surface area (Å²) in [6, 6.07) is 10.3. The van der Waals surface area contributed by atoms with Gasteiger partial charge in [0.2, 0.25) is 10.0 Å². The summed E-state index contributed by atoms with van der Waals surface area (Å²) in [7, 11) is -3.73. The van der Waals surface area contributed by atoms with Gasteiger partial charge in [-0.05, 0) is 12.1 Å². The lowest BCUT2D eigenvalue weighted by Gasteiger charge is -2.12. The number of carbonyl (C=O) groups excluding carboxylic acids is 1. The molecule has 31 heavy (non-hydrogen) atoms. The number of hydrogen-bond acceptors (Lipinski definition) is 6. The quantitative estimate of drug-likeness (QED) is 0.416. The lowest BCUT2D eigenvalue weighted by atomic mass is 10.2. The van der Waals surface area contributed by atoms with E-state index in [1.165, 1.54) is 10.6 Å². The molecule has 1 amide bonds. The number of fused-ring (bicyclic) bond motifs is 3. The zero-order valence-electron chi connectivity index (χ0n) is 15.8. The third-order valence-electron chi connectivity index (χ3n) is 4.42. The molecule has 0 bridgehead atoms. The van der Waals surface area contributed by atoms with Crippen LogP contribution in [0.2, 0.25) is 0 Å². The first-order valence-electron chi connectivity index (χ1n) is 9.00. The first kappa shape index (κ1) is 20.6. The summed E-state index contributed by atoms with van der Waals surface area (Å²) in [4.78, 5) is 21.0. The lowest BCUT2D eigenvalue weighted by molar-refractivity contribution is 0.102. The Balaban J connectivity index is 1.82. The molecule has 4 N–H and O–H groups in total. The van der Waals surface area contributed by atoms with Crippen molar-refractivity contribution in [2.45, 2.75) is 0 Å². The molecule has 2 aromatic heterocycles. The van der Waals surface area contributed by atoms with E-state index < -0.39 is 27.6 Å². The molecular formula is C19H16F2N6O3S. The molecule has 12 heteroatoms. The third kappa shape index (κ3) is 4.29. The van der Waals surface area contributed by atoms with Crippen LogP contribution >= 0.6 is 0 Å². The Morgan fingerprint density at radius 3 is 2.55 bits per heavy atom. The molecule has 0 aliphatic heterocycles. The highest BCUT2D eigenvalue weighted by atomic mass is 32.2. The maximum absolute atomic E-state index is 14.0. The standard InChI is InChI=1S/C19H16F2N6O3S/c20-12-8-14-15(9-13(12)21)27-16(26-19(28)11-4-2-1-3-5-11)10-24-18(27)17(25-14)23-6-7-31(22,29)30/h1-5,8-10H,6-7H2,(H,23,25)(H,26,28)(H2,22,29,30). The highest BCUT2D eigenvalue weighted by molar-refractivity contribution is 7.89. The van der Waals surface area contributed by atoms with Gasteiger partial charge in [-0.3, -0.25) is 9.20 Å². The number of rotatable bonds is 6. The first-order valence-corrected chi connectivity index (χ1v) is 10.7. The third-order valence-corrected chi connectivity index (χ3v) is 5.19. The molecule has 0 unspecified atom stereocenters. The van der Waals surface area contributed by atoms with Gasteiger partial charge in [-0.1, -0.05) is 18.2 Å². The second kappa shape index (κ2) is 7.89. The molecule has 0 radical (unpaired) electrons. The van der Waals surface area contributed by atoms with Gasteiger partial charge in [0.05, 0.1) is 23.0 Å². The van der Waals surface area contributed by atoms with E-state index in [4.69, 9.17) is 5.14 Å². The van der Waals surface area contributed by atoms with E-state index in [0.717, 1.165) is 12.1 Å². The summed E-state index contributed by atoms with van der Waals surface area (Å²) >= 11 is 0. The highest BCUT2D eigenvalue weighted by Gasteiger charge is 2.18. The molecule has 4 aromatic rings. The van der Waals surface area contributed by atoms with Crippen molar-refractivity contribution < 1.29 is 22.0 Å². The Morgan fingerprint density at radius 1 is 1.13 bits per heavy atom. The van der Waals surface area contributed by atoms with Crippen molar-refractivity contribution in [3.8, 4) is 0 Å². The molecule has 0 atom stereocenters. The molecule has 0 saturated carbocycles. The van der Waals surface area contributed by atoms with Gasteiger partial charge in [0.25, 0.3) is 5.91 Å². The zero-order valence-corrected chi connectivity index (χ0v) is 16.7. The number of amides is 1. The van der Waals surface area contributed by atoms with Crippen LogP contribution in [-0.4, -0.2) is 41.0 Å². The van der Waals surface area contributed by atoms with Gasteiger partial charge in [0.15, 0.2) is 23.1 Å². The second-order valence-corrected chi connectivity index (χ2v) is 8.37. The largest absolute Gasteiger partial charge is 0.366 e. The highest BCUT2D eigenvalue weighted by Crippen LogP contribution is 2.27. The topological polar surface area (TPSA) is 131 Å². The molecule has 2 aromatic carbocycles. The number of primary sulfonamides is 1. The minimum Gasteiger partial charge on any atom is -0.366 e. The fraction of sp³-hybridized carbons (Fsp3) is 0.105. The molecule has 0 aliphatic rings. The van der Waals surface area contributed by atoms with Crippen molar-refractivity contribution in [3.63, 3.8) is 0 Å². The van der Waals surface area contributed by atoms with Crippen LogP contribution in [0.1, 0.15) is 10.4 Å². The van der Waals surface area contributed by atoms with Crippen molar-refractivity contribution in [2.24, 2.45) is 5.14 Å². The number of hydrogen-bond donors (Lipinski definition) is 3. The number of aromatic nitrogens is 3. The Morgan fingerprint density at radius 2 is 1.84 bits per heavy atom. The molecule has 0 aliphatic carbocycles. The average molecular weight is 446 g/mol. The fourth-order valence-corrected chi connectivity index (χ4v) is 3.41. The molecule has 0 saturated heterocycles. The smallest absolute Gasteiger partial charge is 0.256 e. The number of nitrogens with zero attached hydrogens (tertiary/aromatic N) is 3. The van der Waals surface area contributed by atoms with Gasteiger partial charge < -0.3 is 10.6 Å². The van der Waals surface area contributed by atoms with Gasteiger partial charge in [-0.25, -0.2) is 32.3 Å². The summed E-state index contributed by atoms with van der Waals surface area (Å²) in [5.41, 5.74) is 0.792. The van der Waals surface area contributed by atoms with Crippen LogP contribution in [0, 0.1) is 11.6 Å². The van der Waals surface area contributed by atoms with E-state index in [1.807, 2.05) is 0 Å². The predicted octanol–water partition coefficient (Wildman–Crippen LogP) is 2.11. The van der Waals surface area contributed by atoms with Crippen molar-refractivity contribution in [2.75, 3.05) is 22.9 Å². The summed E-state index contributed by atoms with van der Waals surface area (Å²) in [6.45, 7) is -0.0881. The van der Waals surface area contributed by atoms with Crippen molar-refractivity contribution in [3.05, 3.63) is 65.9 Å². The normalized spacial score (nSPS) is 11.7. The minimum absolute atomic E-state index is 0.0673. The van der Waals surface area contributed by atoms with E-state index in [2.05, 4.69) is 20.6 Å². The van der Waals surface area contributed by atoms with Crippen LogP contribution < -0.4 is 15.8 Å². The Kier molecular flexibility index (Phi) is 5.25.